The third-order valence-electron chi connectivity index (χ3n) is 12.1. The van der Waals surface area contributed by atoms with Crippen LogP contribution in [-0.2, 0) is 14.3 Å². The number of amides is 1. The lowest BCUT2D eigenvalue weighted by molar-refractivity contribution is -0.151. The molecule has 6 heteroatoms. The van der Waals surface area contributed by atoms with E-state index >= 15 is 0 Å². The van der Waals surface area contributed by atoms with Crippen molar-refractivity contribution in [3.63, 3.8) is 0 Å². The van der Waals surface area contributed by atoms with E-state index in [9.17, 15) is 19.8 Å². The van der Waals surface area contributed by atoms with Crippen molar-refractivity contribution in [2.75, 3.05) is 6.61 Å². The minimum absolute atomic E-state index is 0.0830. The van der Waals surface area contributed by atoms with Gasteiger partial charge in [-0.15, -0.1) is 0 Å². The third kappa shape index (κ3) is 41.3. The molecule has 0 fully saturated rings. The van der Waals surface area contributed by atoms with Crippen molar-refractivity contribution in [1.82, 2.24) is 5.32 Å². The highest BCUT2D eigenvalue weighted by atomic mass is 16.5. The summed E-state index contributed by atoms with van der Waals surface area (Å²) in [7, 11) is 0. The van der Waals surface area contributed by atoms with Crippen LogP contribution in [0.1, 0.15) is 284 Å². The summed E-state index contributed by atoms with van der Waals surface area (Å²) in [6.07, 6.45) is 51.2. The molecule has 0 aromatic carbocycles. The van der Waals surface area contributed by atoms with Crippen molar-refractivity contribution in [2.45, 2.75) is 302 Å². The second-order valence-corrected chi connectivity index (χ2v) is 17.9. The van der Waals surface area contributed by atoms with Crippen LogP contribution in [0, 0.1) is 0 Å². The van der Waals surface area contributed by atoms with Crippen LogP contribution in [0.15, 0.2) is 12.2 Å². The van der Waals surface area contributed by atoms with E-state index in [0.29, 0.717) is 19.3 Å². The number of hydrogen-bond acceptors (Lipinski definition) is 5. The van der Waals surface area contributed by atoms with Gasteiger partial charge < -0.3 is 20.3 Å². The first-order valence-corrected chi connectivity index (χ1v) is 25.9. The molecular weight excluding hydrogens is 719 g/mol. The summed E-state index contributed by atoms with van der Waals surface area (Å²) in [5, 5.41) is 23.7. The van der Waals surface area contributed by atoms with Crippen molar-refractivity contribution in [3.8, 4) is 0 Å². The van der Waals surface area contributed by atoms with Gasteiger partial charge in [0.1, 0.15) is 6.10 Å². The molecule has 0 saturated carbocycles. The fourth-order valence-electron chi connectivity index (χ4n) is 8.13. The van der Waals surface area contributed by atoms with Crippen molar-refractivity contribution in [2.24, 2.45) is 0 Å². The highest BCUT2D eigenvalue weighted by molar-refractivity contribution is 5.77. The van der Waals surface area contributed by atoms with Gasteiger partial charge in [0.15, 0.2) is 0 Å². The molecule has 0 aromatic rings. The molecule has 0 radical (unpaired) electrons. The predicted octanol–water partition coefficient (Wildman–Crippen LogP) is 15.3. The van der Waals surface area contributed by atoms with Crippen molar-refractivity contribution >= 4 is 11.9 Å². The molecule has 0 aromatic heterocycles. The Labute approximate surface area is 361 Å². The lowest BCUT2D eigenvalue weighted by atomic mass is 10.0. The van der Waals surface area contributed by atoms with Crippen LogP contribution in [0.25, 0.3) is 0 Å². The summed E-state index contributed by atoms with van der Waals surface area (Å²) in [5.41, 5.74) is 0. The average Bonchev–Trinajstić information content (AvgIpc) is 3.22. The molecule has 0 heterocycles. The predicted molar refractivity (Wildman–Crippen MR) is 250 cm³/mol. The Kier molecular flexibility index (Phi) is 45.5. The van der Waals surface area contributed by atoms with Gasteiger partial charge in [0.2, 0.25) is 5.91 Å². The van der Waals surface area contributed by atoms with Gasteiger partial charge in [-0.1, -0.05) is 232 Å². The summed E-state index contributed by atoms with van der Waals surface area (Å²) >= 11 is 0. The smallest absolute Gasteiger partial charge is 0.306 e. The van der Waals surface area contributed by atoms with E-state index in [0.717, 1.165) is 44.9 Å². The minimum Gasteiger partial charge on any atom is -0.462 e. The van der Waals surface area contributed by atoms with Gasteiger partial charge in [-0.05, 0) is 51.4 Å². The van der Waals surface area contributed by atoms with Crippen LogP contribution in [0.3, 0.4) is 0 Å². The Balaban J connectivity index is 4.53. The number of aliphatic hydroxyl groups is 2. The Bertz CT molecular complexity index is 878. The van der Waals surface area contributed by atoms with E-state index in [1.54, 1.807) is 0 Å². The van der Waals surface area contributed by atoms with Crippen LogP contribution in [0.5, 0.6) is 0 Å². The lowest BCUT2D eigenvalue weighted by Gasteiger charge is -2.24. The molecule has 0 aliphatic heterocycles. The van der Waals surface area contributed by atoms with Gasteiger partial charge in [0.25, 0.3) is 0 Å². The summed E-state index contributed by atoms with van der Waals surface area (Å²) in [6.45, 7) is 6.48. The van der Waals surface area contributed by atoms with Crippen LogP contribution in [0.4, 0.5) is 0 Å². The quantitative estimate of drug-likeness (QED) is 0.0323. The van der Waals surface area contributed by atoms with Crippen LogP contribution in [0.2, 0.25) is 0 Å². The number of hydrogen-bond donors (Lipinski definition) is 3. The summed E-state index contributed by atoms with van der Waals surface area (Å²) in [5.74, 6) is -0.462. The maximum absolute atomic E-state index is 13.2. The van der Waals surface area contributed by atoms with Gasteiger partial charge in [-0.25, -0.2) is 0 Å². The number of ether oxygens (including phenoxy) is 1. The zero-order valence-electron chi connectivity index (χ0n) is 39.2. The number of allylic oxidation sites excluding steroid dienone is 2. The Morgan fingerprint density at radius 3 is 1.24 bits per heavy atom. The molecular formula is C52H101NO5. The standard InChI is InChI=1S/C52H101NO5/c1-4-7-10-13-16-19-22-24-25-27-30-33-36-39-42-45-52(57)58-48(43-40-37-34-31-29-26-23-20-17-14-11-8-5-2)46-51(56)53-49(47-54)50(55)44-41-38-35-32-28-21-18-15-12-9-6-3/h19,22,48-50,54-55H,4-18,20-21,23-47H2,1-3H3,(H,53,56)/b22-19-. The number of unbranched alkanes of at least 4 members (excludes halogenated alkanes) is 33. The zero-order chi connectivity index (χ0) is 42.4. The number of esters is 1. The molecule has 3 atom stereocenters. The first-order chi connectivity index (χ1) is 28.5. The van der Waals surface area contributed by atoms with Crippen LogP contribution in [-0.4, -0.2) is 46.9 Å². The Morgan fingerprint density at radius 2 is 0.828 bits per heavy atom. The summed E-state index contributed by atoms with van der Waals surface area (Å²) < 4.78 is 5.94. The fourth-order valence-corrected chi connectivity index (χ4v) is 8.13. The average molecular weight is 820 g/mol. The van der Waals surface area contributed by atoms with Crippen molar-refractivity contribution in [1.29, 1.82) is 0 Å². The van der Waals surface area contributed by atoms with Crippen molar-refractivity contribution in [3.05, 3.63) is 12.2 Å². The Morgan fingerprint density at radius 1 is 0.483 bits per heavy atom. The number of rotatable bonds is 47. The van der Waals surface area contributed by atoms with Crippen LogP contribution >= 0.6 is 0 Å². The molecule has 58 heavy (non-hydrogen) atoms. The maximum Gasteiger partial charge on any atom is 0.306 e. The van der Waals surface area contributed by atoms with E-state index in [1.165, 1.54) is 193 Å². The van der Waals surface area contributed by atoms with Gasteiger partial charge in [-0.2, -0.15) is 0 Å². The second-order valence-electron chi connectivity index (χ2n) is 17.9. The Hall–Kier alpha value is -1.40. The highest BCUT2D eigenvalue weighted by Crippen LogP contribution is 2.18. The van der Waals surface area contributed by atoms with Crippen LogP contribution < -0.4 is 5.32 Å². The third-order valence-corrected chi connectivity index (χ3v) is 12.1. The molecule has 3 unspecified atom stereocenters. The molecule has 3 N–H and O–H groups in total. The van der Waals surface area contributed by atoms with Crippen molar-refractivity contribution < 1.29 is 24.5 Å². The monoisotopic (exact) mass is 820 g/mol. The molecule has 0 bridgehead atoms. The normalized spacial score (nSPS) is 13.3. The van der Waals surface area contributed by atoms with E-state index < -0.39 is 18.2 Å². The number of carbonyl (C=O) groups is 2. The summed E-state index contributed by atoms with van der Waals surface area (Å²) in [4.78, 5) is 26.1. The topological polar surface area (TPSA) is 95.9 Å². The molecule has 0 rings (SSSR count). The fraction of sp³-hybridized carbons (Fsp3) is 0.923. The van der Waals surface area contributed by atoms with Gasteiger partial charge >= 0.3 is 5.97 Å². The first kappa shape index (κ1) is 56.6. The van der Waals surface area contributed by atoms with E-state index in [-0.39, 0.29) is 24.9 Å². The molecule has 1 amide bonds. The summed E-state index contributed by atoms with van der Waals surface area (Å²) in [6, 6.07) is -0.694. The molecule has 0 aliphatic carbocycles. The molecule has 0 aliphatic rings. The first-order valence-electron chi connectivity index (χ1n) is 25.9. The van der Waals surface area contributed by atoms with E-state index in [4.69, 9.17) is 4.74 Å². The number of nitrogens with one attached hydrogen (secondary N) is 1. The SMILES string of the molecule is CCCCCC/C=C\CCCCCCCCCC(=O)OC(CCCCCCCCCCCCCCC)CC(=O)NC(CO)C(O)CCCCCCCCCCCCC. The molecule has 0 spiro atoms. The lowest BCUT2D eigenvalue weighted by Crippen LogP contribution is -2.46. The van der Waals surface area contributed by atoms with E-state index in [1.807, 2.05) is 0 Å². The highest BCUT2D eigenvalue weighted by Gasteiger charge is 2.24. The van der Waals surface area contributed by atoms with Gasteiger partial charge in [-0.3, -0.25) is 9.59 Å². The largest absolute Gasteiger partial charge is 0.462 e. The molecule has 0 saturated heterocycles. The van der Waals surface area contributed by atoms with Gasteiger partial charge in [0, 0.05) is 6.42 Å². The number of carbonyl (C=O) groups excluding carboxylic acids is 2. The van der Waals surface area contributed by atoms with E-state index in [2.05, 4.69) is 38.2 Å². The zero-order valence-corrected chi connectivity index (χ0v) is 39.2. The number of aliphatic hydroxyl groups excluding tert-OH is 2. The molecule has 6 nitrogen and oxygen atoms in total. The molecule has 344 valence electrons. The maximum atomic E-state index is 13.2. The van der Waals surface area contributed by atoms with Gasteiger partial charge in [0.05, 0.1) is 25.2 Å². The second kappa shape index (κ2) is 46.7. The minimum atomic E-state index is -0.781.